The summed E-state index contributed by atoms with van der Waals surface area (Å²) in [4.78, 5) is 2.62. The van der Waals surface area contributed by atoms with Crippen molar-refractivity contribution in [2.45, 2.75) is 70.3 Å². The summed E-state index contributed by atoms with van der Waals surface area (Å²) in [6.07, 6.45) is 3.73. The molecular formula is C22H33NO3. The van der Waals surface area contributed by atoms with Gasteiger partial charge >= 0.3 is 0 Å². The zero-order valence-electron chi connectivity index (χ0n) is 16.1. The Morgan fingerprint density at radius 1 is 1.19 bits per heavy atom. The zero-order valence-corrected chi connectivity index (χ0v) is 16.1. The Bertz CT molecular complexity index is 695. The predicted molar refractivity (Wildman–Crippen MR) is 98.2 cm³/mol. The molecule has 11 atom stereocenters. The van der Waals surface area contributed by atoms with Crippen LogP contribution in [0, 0.1) is 39.9 Å². The van der Waals surface area contributed by atoms with Crippen LogP contribution in [-0.4, -0.2) is 57.7 Å². The number of aliphatic hydroxyl groups excluding tert-OH is 3. The van der Waals surface area contributed by atoms with Crippen LogP contribution in [0.25, 0.3) is 0 Å². The van der Waals surface area contributed by atoms with Crippen LogP contribution in [0.4, 0.5) is 0 Å². The van der Waals surface area contributed by atoms with Gasteiger partial charge in [-0.1, -0.05) is 20.4 Å². The Hall–Kier alpha value is -0.420. The van der Waals surface area contributed by atoms with Crippen LogP contribution in [0.3, 0.4) is 0 Å². The summed E-state index contributed by atoms with van der Waals surface area (Å²) in [5.74, 6) is 0.921. The monoisotopic (exact) mass is 359 g/mol. The van der Waals surface area contributed by atoms with Crippen molar-refractivity contribution in [3.05, 3.63) is 12.2 Å². The maximum absolute atomic E-state index is 11.5. The molecule has 1 saturated heterocycles. The van der Waals surface area contributed by atoms with Gasteiger partial charge in [-0.15, -0.1) is 0 Å². The van der Waals surface area contributed by atoms with Gasteiger partial charge in [0.15, 0.2) is 0 Å². The van der Waals surface area contributed by atoms with Crippen LogP contribution in [0.2, 0.25) is 0 Å². The molecule has 4 nitrogen and oxygen atoms in total. The molecule has 1 aliphatic heterocycles. The van der Waals surface area contributed by atoms with E-state index >= 15 is 0 Å². The van der Waals surface area contributed by atoms with E-state index < -0.39 is 12.2 Å². The molecule has 0 radical (unpaired) electrons. The molecule has 7 fully saturated rings. The summed E-state index contributed by atoms with van der Waals surface area (Å²) in [7, 11) is 0. The first kappa shape index (κ1) is 16.5. The molecule has 0 aromatic carbocycles. The van der Waals surface area contributed by atoms with E-state index in [0.717, 1.165) is 50.8 Å². The summed E-state index contributed by atoms with van der Waals surface area (Å²) in [5, 5.41) is 34.4. The normalized spacial score (nSPS) is 65.5. The summed E-state index contributed by atoms with van der Waals surface area (Å²) < 4.78 is 0. The number of hydrogen-bond acceptors (Lipinski definition) is 4. The quantitative estimate of drug-likeness (QED) is 0.625. The molecule has 6 aliphatic carbocycles. The number of nitrogens with zero attached hydrogens (tertiary/aromatic N) is 1. The van der Waals surface area contributed by atoms with E-state index in [-0.39, 0.29) is 34.2 Å². The highest BCUT2D eigenvalue weighted by Crippen LogP contribution is 2.83. The minimum Gasteiger partial charge on any atom is -0.392 e. The van der Waals surface area contributed by atoms with Crippen LogP contribution >= 0.6 is 0 Å². The van der Waals surface area contributed by atoms with E-state index in [1.54, 1.807) is 0 Å². The Labute approximate surface area is 156 Å². The number of aliphatic hydroxyl groups is 3. The lowest BCUT2D eigenvalue weighted by Gasteiger charge is -2.69. The van der Waals surface area contributed by atoms with Crippen molar-refractivity contribution < 1.29 is 15.3 Å². The summed E-state index contributed by atoms with van der Waals surface area (Å²) in [5.41, 5.74) is 0.616. The van der Waals surface area contributed by atoms with Crippen LogP contribution < -0.4 is 0 Å². The molecule has 2 spiro atoms. The van der Waals surface area contributed by atoms with Crippen molar-refractivity contribution in [3.8, 4) is 0 Å². The molecule has 7 bridgehead atoms. The van der Waals surface area contributed by atoms with Gasteiger partial charge in [0.05, 0.1) is 18.3 Å². The molecule has 0 amide bonds. The van der Waals surface area contributed by atoms with Gasteiger partial charge in [0.2, 0.25) is 0 Å². The van der Waals surface area contributed by atoms with Gasteiger partial charge in [-0.2, -0.15) is 0 Å². The third-order valence-corrected chi connectivity index (χ3v) is 10.5. The van der Waals surface area contributed by atoms with E-state index in [4.69, 9.17) is 0 Å². The third kappa shape index (κ3) is 1.34. The summed E-state index contributed by atoms with van der Waals surface area (Å²) in [6, 6.07) is 0.319. The average molecular weight is 360 g/mol. The van der Waals surface area contributed by atoms with Crippen molar-refractivity contribution in [2.24, 2.45) is 39.9 Å². The topological polar surface area (TPSA) is 63.9 Å². The largest absolute Gasteiger partial charge is 0.392 e. The fraction of sp³-hybridized carbons (Fsp3) is 0.909. The summed E-state index contributed by atoms with van der Waals surface area (Å²) >= 11 is 0. The van der Waals surface area contributed by atoms with Gasteiger partial charge < -0.3 is 15.3 Å². The summed E-state index contributed by atoms with van der Waals surface area (Å²) in [6.45, 7) is 11.0. The van der Waals surface area contributed by atoms with Gasteiger partial charge in [0.1, 0.15) is 0 Å². The van der Waals surface area contributed by atoms with Crippen LogP contribution in [-0.2, 0) is 0 Å². The molecule has 4 heteroatoms. The van der Waals surface area contributed by atoms with Gasteiger partial charge in [0, 0.05) is 35.3 Å². The first-order valence-electron chi connectivity index (χ1n) is 10.8. The molecule has 26 heavy (non-hydrogen) atoms. The molecule has 4 unspecified atom stereocenters. The number of fused-ring (bicyclic) bond motifs is 2. The first-order valence-corrected chi connectivity index (χ1v) is 10.8. The molecule has 144 valence electrons. The highest BCUT2D eigenvalue weighted by atomic mass is 16.3. The lowest BCUT2D eigenvalue weighted by Crippen LogP contribution is -2.72. The van der Waals surface area contributed by atoms with Crippen molar-refractivity contribution in [1.29, 1.82) is 0 Å². The standard InChI is InChI=1S/C22H33NO3/c1-4-23-10-20(3)7-6-15(24)22-14(20)9-13(18(22)23)21-8-5-12(11(2)19(21)26)16(25)17(21)22/h12-19,24-26H,2,4-10H2,1,3H3/t12-,13+,14-,15?,16-,17+,18+,19-,20?,21?,22?/m0/s1. The van der Waals surface area contributed by atoms with E-state index in [2.05, 4.69) is 25.3 Å². The Kier molecular flexibility index (Phi) is 2.92. The minimum atomic E-state index is -0.500. The van der Waals surface area contributed by atoms with Crippen LogP contribution in [0.5, 0.6) is 0 Å². The Morgan fingerprint density at radius 2 is 1.96 bits per heavy atom. The maximum atomic E-state index is 11.5. The van der Waals surface area contributed by atoms with E-state index in [1.807, 2.05) is 0 Å². The lowest BCUT2D eigenvalue weighted by atomic mass is 9.38. The molecule has 7 rings (SSSR count). The minimum absolute atomic E-state index is 0.0155. The second-order valence-corrected chi connectivity index (χ2v) is 10.8. The van der Waals surface area contributed by atoms with Crippen molar-refractivity contribution in [2.75, 3.05) is 13.1 Å². The maximum Gasteiger partial charge on any atom is 0.0814 e. The molecule has 6 saturated carbocycles. The van der Waals surface area contributed by atoms with Crippen LogP contribution in [0.15, 0.2) is 12.2 Å². The van der Waals surface area contributed by atoms with Gasteiger partial charge in [0.25, 0.3) is 0 Å². The number of piperidine rings is 1. The van der Waals surface area contributed by atoms with Gasteiger partial charge in [-0.25, -0.2) is 0 Å². The molecule has 3 N–H and O–H groups in total. The Balaban J connectivity index is 1.63. The molecule has 0 aromatic rings. The third-order valence-electron chi connectivity index (χ3n) is 10.5. The average Bonchev–Trinajstić information content (AvgIpc) is 3.06. The molecule has 1 heterocycles. The Morgan fingerprint density at radius 3 is 2.69 bits per heavy atom. The number of likely N-dealkylation sites (tertiary alicyclic amines) is 1. The highest BCUT2D eigenvalue weighted by Gasteiger charge is 2.86. The fourth-order valence-electron chi connectivity index (χ4n) is 10.0. The lowest BCUT2D eigenvalue weighted by molar-refractivity contribution is -0.256. The fourth-order valence-corrected chi connectivity index (χ4v) is 10.0. The van der Waals surface area contributed by atoms with Gasteiger partial charge in [-0.05, 0) is 61.5 Å². The smallest absolute Gasteiger partial charge is 0.0814 e. The second kappa shape index (κ2) is 4.59. The van der Waals surface area contributed by atoms with E-state index in [9.17, 15) is 15.3 Å². The van der Waals surface area contributed by atoms with Crippen molar-refractivity contribution in [1.82, 2.24) is 4.90 Å². The number of hydrogen-bond donors (Lipinski definition) is 3. The SMILES string of the molecule is C=C1[C@@H]2CCC3([C@@H]4C[C@H]5C6(C)CCC(O)C5([C@@H]3[C@H]2O)[C@@H]4N(CC)C6)[C@H]1O. The first-order chi connectivity index (χ1) is 12.3. The highest BCUT2D eigenvalue weighted by molar-refractivity contribution is 5.39. The molecule has 7 aliphatic rings. The van der Waals surface area contributed by atoms with E-state index in [0.29, 0.717) is 17.9 Å². The van der Waals surface area contributed by atoms with Gasteiger partial charge in [-0.3, -0.25) is 4.90 Å². The zero-order chi connectivity index (χ0) is 18.2. The second-order valence-electron chi connectivity index (χ2n) is 10.8. The van der Waals surface area contributed by atoms with E-state index in [1.165, 1.54) is 0 Å². The van der Waals surface area contributed by atoms with Crippen molar-refractivity contribution >= 4 is 0 Å². The predicted octanol–water partition coefficient (Wildman–Crippen LogP) is 1.79. The molecular weight excluding hydrogens is 326 g/mol. The number of rotatable bonds is 1. The molecule has 0 aromatic heterocycles. The van der Waals surface area contributed by atoms with Crippen molar-refractivity contribution in [3.63, 3.8) is 0 Å². The van der Waals surface area contributed by atoms with Crippen LogP contribution in [0.1, 0.15) is 46.0 Å².